The van der Waals surface area contributed by atoms with Crippen molar-refractivity contribution in [3.63, 3.8) is 0 Å². The Balaban J connectivity index is 3.07. The van der Waals surface area contributed by atoms with Crippen LogP contribution in [0.15, 0.2) is 16.6 Å². The van der Waals surface area contributed by atoms with Gasteiger partial charge in [-0.3, -0.25) is 0 Å². The number of hydrogen-bond donors (Lipinski definition) is 1. The molecule has 0 amide bonds. The van der Waals surface area contributed by atoms with Gasteiger partial charge >= 0.3 is 0 Å². The molecule has 17 heavy (non-hydrogen) atoms. The lowest BCUT2D eigenvalue weighted by Gasteiger charge is -2.17. The van der Waals surface area contributed by atoms with Crippen LogP contribution in [0.3, 0.4) is 0 Å². The molecular weight excluding hydrogens is 282 g/mol. The van der Waals surface area contributed by atoms with Crippen molar-refractivity contribution in [2.45, 2.75) is 39.3 Å². The summed E-state index contributed by atoms with van der Waals surface area (Å²) in [5.41, 5.74) is 6.94. The maximum atomic E-state index is 5.80. The van der Waals surface area contributed by atoms with E-state index in [1.807, 2.05) is 32.9 Å². The molecule has 1 aromatic rings. The summed E-state index contributed by atoms with van der Waals surface area (Å²) in [4.78, 5) is 0. The number of halogens is 1. The Morgan fingerprint density at radius 2 is 1.94 bits per heavy atom. The molecule has 96 valence electrons. The van der Waals surface area contributed by atoms with Crippen LogP contribution in [0.5, 0.6) is 11.5 Å². The van der Waals surface area contributed by atoms with Gasteiger partial charge in [-0.2, -0.15) is 0 Å². The lowest BCUT2D eigenvalue weighted by molar-refractivity contribution is 0.228. The second-order valence-electron chi connectivity index (χ2n) is 4.46. The molecule has 0 spiro atoms. The summed E-state index contributed by atoms with van der Waals surface area (Å²) in [5, 5.41) is 0. The third-order valence-electron chi connectivity index (χ3n) is 2.20. The molecule has 0 saturated carbocycles. The molecular formula is C13H20BrNO2. The zero-order chi connectivity index (χ0) is 13.0. The van der Waals surface area contributed by atoms with Gasteiger partial charge in [-0.05, 0) is 60.8 Å². The number of benzene rings is 1. The molecule has 0 radical (unpaired) electrons. The van der Waals surface area contributed by atoms with E-state index < -0.39 is 0 Å². The first-order valence-electron chi connectivity index (χ1n) is 5.72. The molecule has 3 nitrogen and oxygen atoms in total. The van der Waals surface area contributed by atoms with E-state index in [-0.39, 0.29) is 12.1 Å². The van der Waals surface area contributed by atoms with Crippen LogP contribution in [0.25, 0.3) is 0 Å². The van der Waals surface area contributed by atoms with E-state index >= 15 is 0 Å². The molecule has 0 aromatic heterocycles. The smallest absolute Gasteiger partial charge is 0.175 e. The van der Waals surface area contributed by atoms with E-state index in [0.717, 1.165) is 28.0 Å². The predicted molar refractivity (Wildman–Crippen MR) is 73.8 cm³/mol. The second kappa shape index (κ2) is 6.26. The van der Waals surface area contributed by atoms with Crippen molar-refractivity contribution >= 4 is 15.9 Å². The molecule has 0 aliphatic rings. The van der Waals surface area contributed by atoms with Crippen LogP contribution < -0.4 is 15.2 Å². The fourth-order valence-electron chi connectivity index (χ4n) is 1.61. The molecule has 0 heterocycles. The summed E-state index contributed by atoms with van der Waals surface area (Å²) in [6.45, 7) is 5.96. The van der Waals surface area contributed by atoms with E-state index in [4.69, 9.17) is 15.2 Å². The van der Waals surface area contributed by atoms with Crippen molar-refractivity contribution in [1.29, 1.82) is 0 Å². The van der Waals surface area contributed by atoms with Gasteiger partial charge in [-0.15, -0.1) is 0 Å². The third-order valence-corrected chi connectivity index (χ3v) is 2.79. The van der Waals surface area contributed by atoms with Gasteiger partial charge < -0.3 is 15.2 Å². The number of ether oxygens (including phenoxy) is 2. The van der Waals surface area contributed by atoms with Crippen molar-refractivity contribution < 1.29 is 9.47 Å². The van der Waals surface area contributed by atoms with E-state index in [2.05, 4.69) is 15.9 Å². The van der Waals surface area contributed by atoms with Crippen molar-refractivity contribution in [2.24, 2.45) is 5.73 Å². The zero-order valence-corrected chi connectivity index (χ0v) is 12.4. The van der Waals surface area contributed by atoms with Crippen molar-refractivity contribution in [3.05, 3.63) is 22.2 Å². The fourth-order valence-corrected chi connectivity index (χ4v) is 2.20. The van der Waals surface area contributed by atoms with E-state index in [1.165, 1.54) is 0 Å². The van der Waals surface area contributed by atoms with Crippen LogP contribution in [0.4, 0.5) is 0 Å². The molecule has 1 rings (SSSR count). The molecule has 0 saturated heterocycles. The average Bonchev–Trinajstić information content (AvgIpc) is 2.20. The number of rotatable bonds is 5. The zero-order valence-electron chi connectivity index (χ0n) is 10.8. The summed E-state index contributed by atoms with van der Waals surface area (Å²) >= 11 is 3.51. The lowest BCUT2D eigenvalue weighted by Crippen LogP contribution is -2.18. The third kappa shape index (κ3) is 4.21. The SMILES string of the molecule is COc1cc(CC(C)N)cc(Br)c1OC(C)C. The Kier molecular flexibility index (Phi) is 5.28. The van der Waals surface area contributed by atoms with Crippen molar-refractivity contribution in [2.75, 3.05) is 7.11 Å². The van der Waals surface area contributed by atoms with Gasteiger partial charge in [0.2, 0.25) is 0 Å². The summed E-state index contributed by atoms with van der Waals surface area (Å²) in [6, 6.07) is 4.14. The highest BCUT2D eigenvalue weighted by Gasteiger charge is 2.13. The molecule has 1 unspecified atom stereocenters. The minimum absolute atomic E-state index is 0.111. The second-order valence-corrected chi connectivity index (χ2v) is 5.31. The maximum absolute atomic E-state index is 5.80. The first-order chi connectivity index (χ1) is 7.93. The van der Waals surface area contributed by atoms with Crippen LogP contribution in [-0.2, 0) is 6.42 Å². The van der Waals surface area contributed by atoms with Gasteiger partial charge in [0.15, 0.2) is 11.5 Å². The standard InChI is InChI=1S/C13H20BrNO2/c1-8(2)17-13-11(14)6-10(5-9(3)15)7-12(13)16-4/h6-9H,5,15H2,1-4H3. The molecule has 1 atom stereocenters. The van der Waals surface area contributed by atoms with Crippen LogP contribution in [0, 0.1) is 0 Å². The number of nitrogens with two attached hydrogens (primary N) is 1. The molecule has 2 N–H and O–H groups in total. The molecule has 1 aromatic carbocycles. The topological polar surface area (TPSA) is 44.5 Å². The van der Waals surface area contributed by atoms with Gasteiger partial charge in [-0.1, -0.05) is 0 Å². The fraction of sp³-hybridized carbons (Fsp3) is 0.538. The minimum atomic E-state index is 0.111. The Hall–Kier alpha value is -0.740. The summed E-state index contributed by atoms with van der Waals surface area (Å²) in [5.74, 6) is 1.49. The predicted octanol–water partition coefficient (Wildman–Crippen LogP) is 3.13. The molecule has 0 aliphatic heterocycles. The highest BCUT2D eigenvalue weighted by atomic mass is 79.9. The molecule has 4 heteroatoms. The highest BCUT2D eigenvalue weighted by molar-refractivity contribution is 9.10. The molecule has 0 bridgehead atoms. The monoisotopic (exact) mass is 301 g/mol. The molecule has 0 fully saturated rings. The Bertz CT molecular complexity index is 378. The van der Waals surface area contributed by atoms with E-state index in [0.29, 0.717) is 0 Å². The van der Waals surface area contributed by atoms with Crippen LogP contribution in [0.2, 0.25) is 0 Å². The van der Waals surface area contributed by atoms with Gasteiger partial charge in [0, 0.05) is 6.04 Å². The number of methoxy groups -OCH3 is 1. The van der Waals surface area contributed by atoms with Gasteiger partial charge in [0.05, 0.1) is 17.7 Å². The first-order valence-corrected chi connectivity index (χ1v) is 6.52. The Morgan fingerprint density at radius 1 is 1.29 bits per heavy atom. The average molecular weight is 302 g/mol. The van der Waals surface area contributed by atoms with Crippen molar-refractivity contribution in [3.8, 4) is 11.5 Å². The number of hydrogen-bond acceptors (Lipinski definition) is 3. The quantitative estimate of drug-likeness (QED) is 0.909. The molecule has 0 aliphatic carbocycles. The minimum Gasteiger partial charge on any atom is -0.493 e. The lowest BCUT2D eigenvalue weighted by atomic mass is 10.1. The van der Waals surface area contributed by atoms with Gasteiger partial charge in [-0.25, -0.2) is 0 Å². The van der Waals surface area contributed by atoms with Gasteiger partial charge in [0.25, 0.3) is 0 Å². The van der Waals surface area contributed by atoms with Crippen LogP contribution in [0.1, 0.15) is 26.3 Å². The summed E-state index contributed by atoms with van der Waals surface area (Å²) in [7, 11) is 1.64. The van der Waals surface area contributed by atoms with E-state index in [9.17, 15) is 0 Å². The van der Waals surface area contributed by atoms with Crippen molar-refractivity contribution in [1.82, 2.24) is 0 Å². The normalized spacial score (nSPS) is 12.6. The summed E-state index contributed by atoms with van der Waals surface area (Å²) in [6.07, 6.45) is 0.927. The highest BCUT2D eigenvalue weighted by Crippen LogP contribution is 2.37. The first kappa shape index (κ1) is 14.3. The maximum Gasteiger partial charge on any atom is 0.175 e. The summed E-state index contributed by atoms with van der Waals surface area (Å²) < 4.78 is 12.0. The largest absolute Gasteiger partial charge is 0.493 e. The Labute approximate surface area is 111 Å². The van der Waals surface area contributed by atoms with E-state index in [1.54, 1.807) is 7.11 Å². The van der Waals surface area contributed by atoms with Gasteiger partial charge in [0.1, 0.15) is 0 Å². The Morgan fingerprint density at radius 3 is 2.41 bits per heavy atom. The van der Waals surface area contributed by atoms with Crippen LogP contribution >= 0.6 is 15.9 Å². The van der Waals surface area contributed by atoms with Crippen LogP contribution in [-0.4, -0.2) is 19.3 Å².